The van der Waals surface area contributed by atoms with Crippen LogP contribution in [0.5, 0.6) is 0 Å². The van der Waals surface area contributed by atoms with E-state index in [-0.39, 0.29) is 5.56 Å². The largest absolute Gasteiger partial charge is 0.368 e. The van der Waals surface area contributed by atoms with Crippen LogP contribution in [0, 0.1) is 0 Å². The Kier molecular flexibility index (Phi) is 4.75. The minimum atomic E-state index is -0.743. The SMILES string of the molecule is CC(C(N)=O)n1cc(-c2ccccc2)nc(Cc2ccccc2)c1=O. The summed E-state index contributed by atoms with van der Waals surface area (Å²) in [6.07, 6.45) is 1.99. The van der Waals surface area contributed by atoms with Crippen molar-refractivity contribution in [1.29, 1.82) is 0 Å². The van der Waals surface area contributed by atoms with Gasteiger partial charge in [-0.2, -0.15) is 0 Å². The summed E-state index contributed by atoms with van der Waals surface area (Å²) in [5.41, 5.74) is 8.00. The highest BCUT2D eigenvalue weighted by molar-refractivity contribution is 5.78. The molecule has 0 aliphatic carbocycles. The standard InChI is InChI=1S/C20H19N3O2/c1-14(19(21)24)23-13-18(16-10-6-3-7-11-16)22-17(20(23)25)12-15-8-4-2-5-9-15/h2-11,13-14H,12H2,1H3,(H2,21,24). The second kappa shape index (κ2) is 7.13. The molecule has 3 aromatic rings. The molecule has 1 aromatic heterocycles. The van der Waals surface area contributed by atoms with Gasteiger partial charge in [0.05, 0.1) is 5.69 Å². The van der Waals surface area contributed by atoms with Crippen molar-refractivity contribution in [2.24, 2.45) is 5.73 Å². The Morgan fingerprint density at radius 2 is 1.68 bits per heavy atom. The zero-order valence-electron chi connectivity index (χ0n) is 13.9. The van der Waals surface area contributed by atoms with Gasteiger partial charge in [0.1, 0.15) is 11.7 Å². The van der Waals surface area contributed by atoms with E-state index in [9.17, 15) is 9.59 Å². The van der Waals surface area contributed by atoms with E-state index < -0.39 is 11.9 Å². The molecule has 0 radical (unpaired) electrons. The maximum atomic E-state index is 12.8. The molecule has 5 heteroatoms. The molecule has 0 spiro atoms. The zero-order chi connectivity index (χ0) is 17.8. The average Bonchev–Trinajstić information content (AvgIpc) is 2.64. The number of hydrogen-bond acceptors (Lipinski definition) is 3. The highest BCUT2D eigenvalue weighted by atomic mass is 16.2. The van der Waals surface area contributed by atoms with Crippen molar-refractivity contribution in [1.82, 2.24) is 9.55 Å². The molecule has 1 amide bonds. The lowest BCUT2D eigenvalue weighted by Crippen LogP contribution is -2.34. The molecule has 0 saturated heterocycles. The van der Waals surface area contributed by atoms with Gasteiger partial charge in [-0.3, -0.25) is 14.2 Å². The summed E-state index contributed by atoms with van der Waals surface area (Å²) < 4.78 is 1.37. The minimum absolute atomic E-state index is 0.296. The molecular weight excluding hydrogens is 314 g/mol. The summed E-state index contributed by atoms with van der Waals surface area (Å²) in [6, 6.07) is 18.4. The van der Waals surface area contributed by atoms with Gasteiger partial charge in [0, 0.05) is 18.2 Å². The maximum absolute atomic E-state index is 12.8. The molecule has 25 heavy (non-hydrogen) atoms. The summed E-state index contributed by atoms with van der Waals surface area (Å²) in [7, 11) is 0. The van der Waals surface area contributed by atoms with E-state index in [4.69, 9.17) is 5.73 Å². The van der Waals surface area contributed by atoms with E-state index in [1.165, 1.54) is 4.57 Å². The predicted molar refractivity (Wildman–Crippen MR) is 97.1 cm³/mol. The Morgan fingerprint density at radius 1 is 1.08 bits per heavy atom. The van der Waals surface area contributed by atoms with E-state index in [0.717, 1.165) is 11.1 Å². The topological polar surface area (TPSA) is 78.0 Å². The van der Waals surface area contributed by atoms with E-state index in [1.807, 2.05) is 60.7 Å². The lowest BCUT2D eigenvalue weighted by Gasteiger charge is -2.15. The molecule has 2 aromatic carbocycles. The minimum Gasteiger partial charge on any atom is -0.368 e. The highest BCUT2D eigenvalue weighted by Crippen LogP contribution is 2.18. The summed E-state index contributed by atoms with van der Waals surface area (Å²) in [5, 5.41) is 0. The van der Waals surface area contributed by atoms with E-state index in [1.54, 1.807) is 13.1 Å². The Bertz CT molecular complexity index is 934. The lowest BCUT2D eigenvalue weighted by atomic mass is 10.1. The van der Waals surface area contributed by atoms with Gasteiger partial charge in [0.15, 0.2) is 0 Å². The number of carbonyl (C=O) groups is 1. The van der Waals surface area contributed by atoms with Gasteiger partial charge < -0.3 is 5.73 Å². The Balaban J connectivity index is 2.14. The second-order valence-electron chi connectivity index (χ2n) is 5.89. The van der Waals surface area contributed by atoms with Gasteiger partial charge in [-0.15, -0.1) is 0 Å². The lowest BCUT2D eigenvalue weighted by molar-refractivity contribution is -0.120. The molecule has 3 rings (SSSR count). The molecule has 0 saturated carbocycles. The number of aromatic nitrogens is 2. The Morgan fingerprint density at radius 3 is 2.28 bits per heavy atom. The molecule has 0 aliphatic rings. The average molecular weight is 333 g/mol. The van der Waals surface area contributed by atoms with Gasteiger partial charge in [-0.05, 0) is 12.5 Å². The number of amides is 1. The normalized spacial score (nSPS) is 11.9. The van der Waals surface area contributed by atoms with Gasteiger partial charge in [-0.25, -0.2) is 4.98 Å². The van der Waals surface area contributed by atoms with Crippen molar-refractivity contribution in [2.75, 3.05) is 0 Å². The number of rotatable bonds is 5. The number of primary amides is 1. The fourth-order valence-electron chi connectivity index (χ4n) is 2.64. The first kappa shape index (κ1) is 16.6. The summed E-state index contributed by atoms with van der Waals surface area (Å²) >= 11 is 0. The molecule has 1 unspecified atom stereocenters. The fourth-order valence-corrected chi connectivity index (χ4v) is 2.64. The molecule has 0 bridgehead atoms. The molecule has 0 aliphatic heterocycles. The predicted octanol–water partition coefficient (Wildman–Crippen LogP) is 2.55. The highest BCUT2D eigenvalue weighted by Gasteiger charge is 2.17. The van der Waals surface area contributed by atoms with Crippen LogP contribution >= 0.6 is 0 Å². The van der Waals surface area contributed by atoms with Crippen molar-refractivity contribution in [3.63, 3.8) is 0 Å². The van der Waals surface area contributed by atoms with Crippen LogP contribution in [0.2, 0.25) is 0 Å². The first-order chi connectivity index (χ1) is 12.1. The summed E-state index contributed by atoms with van der Waals surface area (Å²) in [5.74, 6) is -0.557. The third-order valence-electron chi connectivity index (χ3n) is 4.11. The molecule has 126 valence electrons. The van der Waals surface area contributed by atoms with E-state index in [0.29, 0.717) is 17.8 Å². The number of nitrogens with two attached hydrogens (primary N) is 1. The van der Waals surface area contributed by atoms with Crippen molar-refractivity contribution in [3.05, 3.63) is 88.5 Å². The molecule has 2 N–H and O–H groups in total. The van der Waals surface area contributed by atoms with E-state index >= 15 is 0 Å². The molecule has 1 heterocycles. The third kappa shape index (κ3) is 3.66. The van der Waals surface area contributed by atoms with Gasteiger partial charge in [0.2, 0.25) is 5.91 Å². The van der Waals surface area contributed by atoms with Gasteiger partial charge in [-0.1, -0.05) is 60.7 Å². The van der Waals surface area contributed by atoms with Crippen LogP contribution in [0.3, 0.4) is 0 Å². The summed E-state index contributed by atoms with van der Waals surface area (Å²) in [6.45, 7) is 1.62. The van der Waals surface area contributed by atoms with Crippen LogP contribution < -0.4 is 11.3 Å². The summed E-state index contributed by atoms with van der Waals surface area (Å²) in [4.78, 5) is 29.0. The number of benzene rings is 2. The van der Waals surface area contributed by atoms with Crippen molar-refractivity contribution >= 4 is 5.91 Å². The third-order valence-corrected chi connectivity index (χ3v) is 4.11. The van der Waals surface area contributed by atoms with Crippen molar-refractivity contribution < 1.29 is 4.79 Å². The molecular formula is C20H19N3O2. The van der Waals surface area contributed by atoms with Crippen molar-refractivity contribution in [2.45, 2.75) is 19.4 Å². The fraction of sp³-hybridized carbons (Fsp3) is 0.150. The number of hydrogen-bond donors (Lipinski definition) is 1. The molecule has 1 atom stereocenters. The zero-order valence-corrected chi connectivity index (χ0v) is 13.9. The van der Waals surface area contributed by atoms with Crippen LogP contribution in [0.1, 0.15) is 24.2 Å². The first-order valence-electron chi connectivity index (χ1n) is 8.07. The quantitative estimate of drug-likeness (QED) is 0.779. The van der Waals surface area contributed by atoms with Crippen LogP contribution in [0.25, 0.3) is 11.3 Å². The monoisotopic (exact) mass is 333 g/mol. The number of carbonyl (C=O) groups excluding carboxylic acids is 1. The van der Waals surface area contributed by atoms with Crippen LogP contribution in [0.4, 0.5) is 0 Å². The van der Waals surface area contributed by atoms with Crippen LogP contribution in [0.15, 0.2) is 71.7 Å². The number of nitrogens with zero attached hydrogens (tertiary/aromatic N) is 2. The first-order valence-corrected chi connectivity index (χ1v) is 8.07. The Labute approximate surface area is 145 Å². The van der Waals surface area contributed by atoms with Gasteiger partial charge in [0.25, 0.3) is 5.56 Å². The van der Waals surface area contributed by atoms with Crippen molar-refractivity contribution in [3.8, 4) is 11.3 Å². The maximum Gasteiger partial charge on any atom is 0.273 e. The van der Waals surface area contributed by atoms with Crippen LogP contribution in [-0.4, -0.2) is 15.5 Å². The smallest absolute Gasteiger partial charge is 0.273 e. The molecule has 0 fully saturated rings. The Hall–Kier alpha value is -3.21. The molecule has 5 nitrogen and oxygen atoms in total. The van der Waals surface area contributed by atoms with E-state index in [2.05, 4.69) is 4.98 Å². The van der Waals surface area contributed by atoms with Gasteiger partial charge >= 0.3 is 0 Å². The second-order valence-corrected chi connectivity index (χ2v) is 5.89. The van der Waals surface area contributed by atoms with Crippen LogP contribution in [-0.2, 0) is 11.2 Å².